The summed E-state index contributed by atoms with van der Waals surface area (Å²) in [6.45, 7) is 7.02. The molecule has 0 fully saturated rings. The van der Waals surface area contributed by atoms with E-state index in [1.54, 1.807) is 16.7 Å². The van der Waals surface area contributed by atoms with Gasteiger partial charge in [0.1, 0.15) is 0 Å². The number of rotatable bonds is 7. The fourth-order valence-corrected chi connectivity index (χ4v) is 4.59. The molecule has 0 heteroatoms. The first-order chi connectivity index (χ1) is 11.3. The van der Waals surface area contributed by atoms with Crippen molar-refractivity contribution in [2.24, 2.45) is 0 Å². The Morgan fingerprint density at radius 2 is 1.48 bits per heavy atom. The van der Waals surface area contributed by atoms with E-state index in [2.05, 4.69) is 63.2 Å². The Morgan fingerprint density at radius 3 is 2.22 bits per heavy atom. The van der Waals surface area contributed by atoms with E-state index in [1.165, 1.54) is 56.1 Å². The van der Waals surface area contributed by atoms with Crippen LogP contribution in [0.3, 0.4) is 0 Å². The number of aryl methyl sites for hydroxylation is 1. The van der Waals surface area contributed by atoms with E-state index in [4.69, 9.17) is 0 Å². The van der Waals surface area contributed by atoms with Crippen LogP contribution in [-0.2, 0) is 11.8 Å². The zero-order valence-electron chi connectivity index (χ0n) is 15.0. The van der Waals surface area contributed by atoms with Crippen molar-refractivity contribution >= 4 is 0 Å². The number of hydrogen-bond donors (Lipinski definition) is 0. The maximum absolute atomic E-state index is 2.39. The molecule has 0 aromatic heterocycles. The van der Waals surface area contributed by atoms with Crippen LogP contribution in [0.5, 0.6) is 0 Å². The highest BCUT2D eigenvalue weighted by Crippen LogP contribution is 2.53. The second kappa shape index (κ2) is 6.91. The molecule has 23 heavy (non-hydrogen) atoms. The highest BCUT2D eigenvalue weighted by Gasteiger charge is 2.41. The number of hydrogen-bond acceptors (Lipinski definition) is 0. The lowest BCUT2D eigenvalue weighted by atomic mass is 9.72. The van der Waals surface area contributed by atoms with E-state index in [9.17, 15) is 0 Å². The van der Waals surface area contributed by atoms with Crippen molar-refractivity contribution in [3.8, 4) is 11.1 Å². The van der Waals surface area contributed by atoms with Gasteiger partial charge in [0.05, 0.1) is 0 Å². The van der Waals surface area contributed by atoms with Crippen molar-refractivity contribution in [3.05, 3.63) is 59.2 Å². The molecule has 0 heterocycles. The molecule has 0 aliphatic heterocycles. The van der Waals surface area contributed by atoms with E-state index in [1.807, 2.05) is 0 Å². The van der Waals surface area contributed by atoms with Gasteiger partial charge in [-0.05, 0) is 53.5 Å². The van der Waals surface area contributed by atoms with Gasteiger partial charge in [0, 0.05) is 5.41 Å². The van der Waals surface area contributed by atoms with Crippen molar-refractivity contribution in [2.75, 3.05) is 0 Å². The molecule has 1 aliphatic rings. The minimum Gasteiger partial charge on any atom is -0.0654 e. The standard InChI is InChI=1S/C23H30/c1-4-7-8-9-13-18-14-12-16-20-19-15-10-11-17-21(19)23(5-2,6-3)22(18)20/h10-12,14-17H,4-9,13H2,1-3H3. The molecular weight excluding hydrogens is 276 g/mol. The lowest BCUT2D eigenvalue weighted by molar-refractivity contribution is 0.485. The Morgan fingerprint density at radius 1 is 0.739 bits per heavy atom. The molecule has 0 saturated carbocycles. The first kappa shape index (κ1) is 16.3. The Hall–Kier alpha value is -1.56. The fraction of sp³-hybridized carbons (Fsp3) is 0.478. The van der Waals surface area contributed by atoms with Crippen molar-refractivity contribution < 1.29 is 0 Å². The molecule has 0 bridgehead atoms. The van der Waals surface area contributed by atoms with Crippen molar-refractivity contribution in [3.63, 3.8) is 0 Å². The van der Waals surface area contributed by atoms with E-state index in [0.717, 1.165) is 0 Å². The third-order valence-corrected chi connectivity index (χ3v) is 5.87. The van der Waals surface area contributed by atoms with Crippen molar-refractivity contribution in [2.45, 2.75) is 71.1 Å². The summed E-state index contributed by atoms with van der Waals surface area (Å²) >= 11 is 0. The molecule has 0 unspecified atom stereocenters. The molecule has 1 aliphatic carbocycles. The molecule has 0 N–H and O–H groups in total. The quantitative estimate of drug-likeness (QED) is 0.488. The summed E-state index contributed by atoms with van der Waals surface area (Å²) in [6.07, 6.45) is 8.98. The van der Waals surface area contributed by atoms with Crippen LogP contribution < -0.4 is 0 Å². The third kappa shape index (κ3) is 2.63. The zero-order chi connectivity index (χ0) is 16.3. The first-order valence-electron chi connectivity index (χ1n) is 9.50. The van der Waals surface area contributed by atoms with Gasteiger partial charge in [0.25, 0.3) is 0 Å². The maximum Gasteiger partial charge on any atom is 0.0212 e. The average Bonchev–Trinajstić information content (AvgIpc) is 2.90. The van der Waals surface area contributed by atoms with Gasteiger partial charge in [-0.1, -0.05) is 82.5 Å². The van der Waals surface area contributed by atoms with Gasteiger partial charge < -0.3 is 0 Å². The molecule has 0 nitrogen and oxygen atoms in total. The highest BCUT2D eigenvalue weighted by molar-refractivity contribution is 5.82. The molecule has 0 amide bonds. The van der Waals surface area contributed by atoms with Gasteiger partial charge >= 0.3 is 0 Å². The predicted molar refractivity (Wildman–Crippen MR) is 101 cm³/mol. The van der Waals surface area contributed by atoms with E-state index < -0.39 is 0 Å². The summed E-state index contributed by atoms with van der Waals surface area (Å²) in [7, 11) is 0. The van der Waals surface area contributed by atoms with Crippen LogP contribution in [0.4, 0.5) is 0 Å². The van der Waals surface area contributed by atoms with Crippen LogP contribution in [0.25, 0.3) is 11.1 Å². The molecule has 0 spiro atoms. The second-order valence-electron chi connectivity index (χ2n) is 6.99. The minimum atomic E-state index is 0.229. The number of unbranched alkanes of at least 4 members (excludes halogenated alkanes) is 3. The molecule has 2 aromatic rings. The third-order valence-electron chi connectivity index (χ3n) is 5.87. The Balaban J connectivity index is 2.06. The molecular formula is C23H30. The lowest BCUT2D eigenvalue weighted by Crippen LogP contribution is -2.24. The average molecular weight is 306 g/mol. The first-order valence-corrected chi connectivity index (χ1v) is 9.50. The Bertz CT molecular complexity index is 661. The van der Waals surface area contributed by atoms with E-state index in [-0.39, 0.29) is 5.41 Å². The zero-order valence-corrected chi connectivity index (χ0v) is 15.0. The van der Waals surface area contributed by atoms with Crippen LogP contribution in [0.2, 0.25) is 0 Å². The summed E-state index contributed by atoms with van der Waals surface area (Å²) in [5, 5.41) is 0. The molecule has 0 saturated heterocycles. The summed E-state index contributed by atoms with van der Waals surface area (Å²) in [4.78, 5) is 0. The van der Waals surface area contributed by atoms with Gasteiger partial charge in [0.2, 0.25) is 0 Å². The van der Waals surface area contributed by atoms with Gasteiger partial charge in [-0.2, -0.15) is 0 Å². The van der Waals surface area contributed by atoms with Crippen LogP contribution in [0.1, 0.15) is 76.0 Å². The topological polar surface area (TPSA) is 0 Å². The molecule has 2 aromatic carbocycles. The summed E-state index contributed by atoms with van der Waals surface area (Å²) in [5.41, 5.74) is 7.99. The molecule has 0 radical (unpaired) electrons. The summed E-state index contributed by atoms with van der Waals surface area (Å²) in [5.74, 6) is 0. The number of fused-ring (bicyclic) bond motifs is 3. The molecule has 0 atom stereocenters. The molecule has 122 valence electrons. The minimum absolute atomic E-state index is 0.229. The van der Waals surface area contributed by atoms with Gasteiger partial charge in [0.15, 0.2) is 0 Å². The summed E-state index contributed by atoms with van der Waals surface area (Å²) < 4.78 is 0. The maximum atomic E-state index is 2.39. The highest BCUT2D eigenvalue weighted by atomic mass is 14.4. The smallest absolute Gasteiger partial charge is 0.0212 e. The second-order valence-corrected chi connectivity index (χ2v) is 6.99. The Kier molecular flexibility index (Phi) is 4.90. The van der Waals surface area contributed by atoms with E-state index in [0.29, 0.717) is 0 Å². The SMILES string of the molecule is CCCCCCc1cccc2c1C(CC)(CC)c1ccccc1-2. The summed E-state index contributed by atoms with van der Waals surface area (Å²) in [6, 6.07) is 16.1. The fourth-order valence-electron chi connectivity index (χ4n) is 4.59. The van der Waals surface area contributed by atoms with Gasteiger partial charge in [-0.3, -0.25) is 0 Å². The largest absolute Gasteiger partial charge is 0.0654 e. The van der Waals surface area contributed by atoms with Crippen LogP contribution in [-0.4, -0.2) is 0 Å². The van der Waals surface area contributed by atoms with Crippen LogP contribution in [0.15, 0.2) is 42.5 Å². The van der Waals surface area contributed by atoms with Crippen LogP contribution >= 0.6 is 0 Å². The van der Waals surface area contributed by atoms with Crippen LogP contribution in [0, 0.1) is 0 Å². The monoisotopic (exact) mass is 306 g/mol. The molecule has 3 rings (SSSR count). The van der Waals surface area contributed by atoms with E-state index >= 15 is 0 Å². The Labute approximate surface area is 141 Å². The van der Waals surface area contributed by atoms with Crippen molar-refractivity contribution in [1.29, 1.82) is 0 Å². The normalized spacial score (nSPS) is 14.6. The predicted octanol–water partition coefficient (Wildman–Crippen LogP) is 6.90. The van der Waals surface area contributed by atoms with Gasteiger partial charge in [-0.25, -0.2) is 0 Å². The number of benzene rings is 2. The lowest BCUT2D eigenvalue weighted by Gasteiger charge is -2.31. The van der Waals surface area contributed by atoms with Crippen molar-refractivity contribution in [1.82, 2.24) is 0 Å². The van der Waals surface area contributed by atoms with Gasteiger partial charge in [-0.15, -0.1) is 0 Å².